The molecule has 1 aromatic carbocycles. The fourth-order valence-corrected chi connectivity index (χ4v) is 5.96. The van der Waals surface area contributed by atoms with Crippen LogP contribution in [0.25, 0.3) is 0 Å². The third kappa shape index (κ3) is 5.17. The molecule has 8 nitrogen and oxygen atoms in total. The Morgan fingerprint density at radius 1 is 0.912 bits per heavy atom. The molecule has 0 saturated carbocycles. The van der Waals surface area contributed by atoms with Crippen molar-refractivity contribution in [3.05, 3.63) is 48.0 Å². The molecule has 3 fully saturated rings. The summed E-state index contributed by atoms with van der Waals surface area (Å²) in [5.41, 5.74) is 1.76. The van der Waals surface area contributed by atoms with Crippen LogP contribution in [0.4, 0.5) is 0 Å². The van der Waals surface area contributed by atoms with E-state index in [1.54, 1.807) is 11.0 Å². The quantitative estimate of drug-likeness (QED) is 0.657. The highest BCUT2D eigenvalue weighted by Gasteiger charge is 2.36. The number of nitrogens with zero attached hydrogens (tertiary/aromatic N) is 6. The number of carbonyl (C=O) groups excluding carboxylic acids is 2. The van der Waals surface area contributed by atoms with E-state index in [0.29, 0.717) is 19.0 Å². The monoisotopic (exact) mass is 464 g/mol. The van der Waals surface area contributed by atoms with E-state index in [4.69, 9.17) is 0 Å². The SMILES string of the molecule is O=C(CN1CCC([C@@H]2CCCCN2C(=O)c2ccccc2Cn2cncn2)CC1)N1CCCC1. The van der Waals surface area contributed by atoms with Gasteiger partial charge in [0.2, 0.25) is 5.91 Å². The molecule has 5 rings (SSSR count). The lowest BCUT2D eigenvalue weighted by Gasteiger charge is -2.44. The molecule has 0 radical (unpaired) electrons. The molecule has 0 spiro atoms. The molecule has 0 aliphatic carbocycles. The second-order valence-electron chi connectivity index (χ2n) is 10.0. The Balaban J connectivity index is 1.23. The summed E-state index contributed by atoms with van der Waals surface area (Å²) in [4.78, 5) is 36.9. The second-order valence-corrected chi connectivity index (χ2v) is 10.0. The van der Waals surface area contributed by atoms with Gasteiger partial charge in [-0.3, -0.25) is 14.5 Å². The average molecular weight is 465 g/mol. The van der Waals surface area contributed by atoms with E-state index in [1.165, 1.54) is 12.7 Å². The fraction of sp³-hybridized carbons (Fsp3) is 0.615. The minimum atomic E-state index is 0.145. The number of rotatable bonds is 6. The average Bonchev–Trinajstić information content (AvgIpc) is 3.59. The topological polar surface area (TPSA) is 74.6 Å². The van der Waals surface area contributed by atoms with Crippen molar-refractivity contribution >= 4 is 11.8 Å². The molecule has 3 aliphatic heterocycles. The van der Waals surface area contributed by atoms with Gasteiger partial charge in [-0.25, -0.2) is 9.67 Å². The van der Waals surface area contributed by atoms with Gasteiger partial charge in [0.25, 0.3) is 5.91 Å². The minimum absolute atomic E-state index is 0.145. The highest BCUT2D eigenvalue weighted by atomic mass is 16.2. The van der Waals surface area contributed by atoms with E-state index in [9.17, 15) is 9.59 Å². The summed E-state index contributed by atoms with van der Waals surface area (Å²) in [5, 5.41) is 4.21. The van der Waals surface area contributed by atoms with E-state index >= 15 is 0 Å². The van der Waals surface area contributed by atoms with Gasteiger partial charge in [0.1, 0.15) is 12.7 Å². The van der Waals surface area contributed by atoms with Crippen molar-refractivity contribution in [2.75, 3.05) is 39.3 Å². The first-order valence-electron chi connectivity index (χ1n) is 12.9. The zero-order chi connectivity index (χ0) is 23.3. The molecule has 182 valence electrons. The van der Waals surface area contributed by atoms with Gasteiger partial charge in [-0.1, -0.05) is 18.2 Å². The number of carbonyl (C=O) groups is 2. The summed E-state index contributed by atoms with van der Waals surface area (Å²) in [6.07, 6.45) is 10.9. The summed E-state index contributed by atoms with van der Waals surface area (Å²) >= 11 is 0. The standard InChI is InChI=1S/C26H36N6O2/c33-25(30-12-5-6-13-30)18-29-15-10-21(11-16-29)24-9-3-4-14-32(24)26(34)23-8-2-1-7-22(23)17-31-20-27-19-28-31/h1-2,7-8,19-21,24H,3-6,9-18H2/t24-/m0/s1. The lowest BCUT2D eigenvalue weighted by molar-refractivity contribution is -0.131. The van der Waals surface area contributed by atoms with Gasteiger partial charge >= 0.3 is 0 Å². The first kappa shape index (κ1) is 23.0. The molecule has 8 heteroatoms. The normalized spacial score (nSPS) is 22.3. The van der Waals surface area contributed by atoms with Crippen LogP contribution in [-0.2, 0) is 11.3 Å². The Kier molecular flexibility index (Phi) is 7.23. The molecule has 2 amide bonds. The largest absolute Gasteiger partial charge is 0.342 e. The second kappa shape index (κ2) is 10.7. The zero-order valence-electron chi connectivity index (χ0n) is 20.0. The van der Waals surface area contributed by atoms with Crippen LogP contribution in [0.15, 0.2) is 36.9 Å². The van der Waals surface area contributed by atoms with Gasteiger partial charge in [-0.15, -0.1) is 0 Å². The molecule has 2 aromatic rings. The van der Waals surface area contributed by atoms with Gasteiger partial charge in [0.15, 0.2) is 0 Å². The van der Waals surface area contributed by atoms with Crippen molar-refractivity contribution in [3.8, 4) is 0 Å². The summed E-state index contributed by atoms with van der Waals surface area (Å²) < 4.78 is 1.76. The van der Waals surface area contributed by atoms with Crippen molar-refractivity contribution < 1.29 is 9.59 Å². The summed E-state index contributed by atoms with van der Waals surface area (Å²) in [7, 11) is 0. The zero-order valence-corrected chi connectivity index (χ0v) is 20.0. The van der Waals surface area contributed by atoms with Crippen LogP contribution in [0.1, 0.15) is 60.9 Å². The fourth-order valence-electron chi connectivity index (χ4n) is 5.96. The molecule has 4 heterocycles. The van der Waals surface area contributed by atoms with E-state index < -0.39 is 0 Å². The summed E-state index contributed by atoms with van der Waals surface area (Å²) in [6, 6.07) is 8.19. The van der Waals surface area contributed by atoms with Gasteiger partial charge in [0.05, 0.1) is 13.1 Å². The maximum Gasteiger partial charge on any atom is 0.254 e. The third-order valence-electron chi connectivity index (χ3n) is 7.85. The Morgan fingerprint density at radius 3 is 2.44 bits per heavy atom. The van der Waals surface area contributed by atoms with Gasteiger partial charge in [0, 0.05) is 31.2 Å². The van der Waals surface area contributed by atoms with E-state index in [0.717, 1.165) is 82.4 Å². The first-order chi connectivity index (χ1) is 16.7. The Bertz CT molecular complexity index is 963. The van der Waals surface area contributed by atoms with Gasteiger partial charge in [-0.2, -0.15) is 5.10 Å². The highest BCUT2D eigenvalue weighted by molar-refractivity contribution is 5.96. The van der Waals surface area contributed by atoms with Crippen LogP contribution >= 0.6 is 0 Å². The first-order valence-corrected chi connectivity index (χ1v) is 12.9. The molecule has 0 N–H and O–H groups in total. The Hall–Kier alpha value is -2.74. The predicted octanol–water partition coefficient (Wildman–Crippen LogP) is 2.66. The van der Waals surface area contributed by atoms with Crippen LogP contribution in [0.3, 0.4) is 0 Å². The predicted molar refractivity (Wildman–Crippen MR) is 129 cm³/mol. The van der Waals surface area contributed by atoms with Crippen LogP contribution < -0.4 is 0 Å². The maximum absolute atomic E-state index is 13.8. The minimum Gasteiger partial charge on any atom is -0.342 e. The van der Waals surface area contributed by atoms with Crippen molar-refractivity contribution in [2.45, 2.75) is 57.5 Å². The maximum atomic E-state index is 13.8. The smallest absolute Gasteiger partial charge is 0.254 e. The number of benzene rings is 1. The molecular weight excluding hydrogens is 428 g/mol. The van der Waals surface area contributed by atoms with E-state index in [1.807, 2.05) is 29.2 Å². The molecule has 0 bridgehead atoms. The summed E-state index contributed by atoms with van der Waals surface area (Å²) in [5.74, 6) is 0.936. The number of amides is 2. The molecule has 0 unspecified atom stereocenters. The van der Waals surface area contributed by atoms with Gasteiger partial charge in [-0.05, 0) is 75.6 Å². The van der Waals surface area contributed by atoms with E-state index in [-0.39, 0.29) is 17.9 Å². The lowest BCUT2D eigenvalue weighted by atomic mass is 9.83. The molecule has 3 saturated heterocycles. The van der Waals surface area contributed by atoms with Crippen molar-refractivity contribution in [1.82, 2.24) is 29.5 Å². The molecule has 1 atom stereocenters. The molecule has 1 aromatic heterocycles. The Morgan fingerprint density at radius 2 is 1.68 bits per heavy atom. The Labute approximate surface area is 201 Å². The highest BCUT2D eigenvalue weighted by Crippen LogP contribution is 2.32. The number of aromatic nitrogens is 3. The van der Waals surface area contributed by atoms with Crippen LogP contribution in [0, 0.1) is 5.92 Å². The van der Waals surface area contributed by atoms with Crippen LogP contribution in [0.5, 0.6) is 0 Å². The molecule has 34 heavy (non-hydrogen) atoms. The molecule has 3 aliphatic rings. The number of hydrogen-bond acceptors (Lipinski definition) is 5. The van der Waals surface area contributed by atoms with Crippen LogP contribution in [-0.4, -0.2) is 86.6 Å². The number of hydrogen-bond donors (Lipinski definition) is 0. The van der Waals surface area contributed by atoms with E-state index in [2.05, 4.69) is 19.9 Å². The van der Waals surface area contributed by atoms with Crippen molar-refractivity contribution in [1.29, 1.82) is 0 Å². The van der Waals surface area contributed by atoms with Crippen molar-refractivity contribution in [2.24, 2.45) is 5.92 Å². The van der Waals surface area contributed by atoms with Gasteiger partial charge < -0.3 is 9.80 Å². The third-order valence-corrected chi connectivity index (χ3v) is 7.85. The lowest BCUT2D eigenvalue weighted by Crippen LogP contribution is -2.51. The number of likely N-dealkylation sites (tertiary alicyclic amines) is 3. The number of piperidine rings is 2. The molecular formula is C26H36N6O2. The summed E-state index contributed by atoms with van der Waals surface area (Å²) in [6.45, 7) is 5.67. The van der Waals surface area contributed by atoms with Crippen LogP contribution in [0.2, 0.25) is 0 Å². The van der Waals surface area contributed by atoms with Crippen molar-refractivity contribution in [3.63, 3.8) is 0 Å².